The SMILES string of the molecule is CN1CCN(c2cc(Cl)cc(C(N)=O)c2)CC1. The van der Waals surface area contributed by atoms with Gasteiger partial charge in [0.2, 0.25) is 5.91 Å². The van der Waals surface area contributed by atoms with Crippen molar-refractivity contribution >= 4 is 23.2 Å². The number of nitrogens with two attached hydrogens (primary N) is 1. The number of piperazine rings is 1. The third kappa shape index (κ3) is 2.90. The third-order valence-corrected chi connectivity index (χ3v) is 3.25. The summed E-state index contributed by atoms with van der Waals surface area (Å²) >= 11 is 6.00. The Labute approximate surface area is 106 Å². The van der Waals surface area contributed by atoms with E-state index in [0.29, 0.717) is 10.6 Å². The van der Waals surface area contributed by atoms with Crippen LogP contribution in [-0.4, -0.2) is 44.0 Å². The third-order valence-electron chi connectivity index (χ3n) is 3.04. The topological polar surface area (TPSA) is 49.6 Å². The second-order valence-corrected chi connectivity index (χ2v) is 4.79. The number of carbonyl (C=O) groups excluding carboxylic acids is 1. The number of primary amides is 1. The molecule has 1 aromatic carbocycles. The van der Waals surface area contributed by atoms with E-state index >= 15 is 0 Å². The first-order valence-electron chi connectivity index (χ1n) is 5.60. The lowest BCUT2D eigenvalue weighted by atomic mass is 10.1. The molecule has 0 bridgehead atoms. The van der Waals surface area contributed by atoms with Gasteiger partial charge in [-0.1, -0.05) is 11.6 Å². The van der Waals surface area contributed by atoms with Crippen LogP contribution in [0.1, 0.15) is 10.4 Å². The summed E-state index contributed by atoms with van der Waals surface area (Å²) in [4.78, 5) is 15.7. The number of halogens is 1. The number of likely N-dealkylation sites (N-methyl/N-ethyl adjacent to an activating group) is 1. The monoisotopic (exact) mass is 253 g/mol. The van der Waals surface area contributed by atoms with Crippen molar-refractivity contribution in [1.29, 1.82) is 0 Å². The molecule has 1 amide bonds. The second-order valence-electron chi connectivity index (χ2n) is 4.35. The van der Waals surface area contributed by atoms with Gasteiger partial charge in [0.05, 0.1) is 0 Å². The van der Waals surface area contributed by atoms with Crippen LogP contribution >= 0.6 is 11.6 Å². The number of carbonyl (C=O) groups is 1. The van der Waals surface area contributed by atoms with Crippen molar-refractivity contribution in [2.75, 3.05) is 38.1 Å². The number of hydrogen-bond acceptors (Lipinski definition) is 3. The average molecular weight is 254 g/mol. The lowest BCUT2D eigenvalue weighted by Crippen LogP contribution is -2.44. The Morgan fingerprint density at radius 2 is 1.88 bits per heavy atom. The standard InChI is InChI=1S/C12H16ClN3O/c1-15-2-4-16(5-3-15)11-7-9(12(14)17)6-10(13)8-11/h6-8H,2-5H2,1H3,(H2,14,17). The molecule has 0 aliphatic carbocycles. The van der Waals surface area contributed by atoms with Gasteiger partial charge in [-0.25, -0.2) is 0 Å². The van der Waals surface area contributed by atoms with E-state index in [4.69, 9.17) is 17.3 Å². The number of amides is 1. The smallest absolute Gasteiger partial charge is 0.248 e. The molecule has 5 heteroatoms. The largest absolute Gasteiger partial charge is 0.369 e. The fraction of sp³-hybridized carbons (Fsp3) is 0.417. The fourth-order valence-corrected chi connectivity index (χ4v) is 2.19. The summed E-state index contributed by atoms with van der Waals surface area (Å²) in [5.41, 5.74) is 6.71. The highest BCUT2D eigenvalue weighted by Crippen LogP contribution is 2.23. The van der Waals surface area contributed by atoms with Gasteiger partial charge in [-0.15, -0.1) is 0 Å². The van der Waals surface area contributed by atoms with Crippen LogP contribution in [0, 0.1) is 0 Å². The number of rotatable bonds is 2. The molecule has 0 saturated carbocycles. The molecule has 1 aliphatic rings. The number of benzene rings is 1. The Morgan fingerprint density at radius 1 is 1.24 bits per heavy atom. The molecule has 1 fully saturated rings. The molecular weight excluding hydrogens is 238 g/mol. The van der Waals surface area contributed by atoms with Crippen LogP contribution in [0.5, 0.6) is 0 Å². The van der Waals surface area contributed by atoms with Gasteiger partial charge < -0.3 is 15.5 Å². The molecule has 0 aromatic heterocycles. The number of hydrogen-bond donors (Lipinski definition) is 1. The lowest BCUT2D eigenvalue weighted by molar-refractivity contribution is 0.100. The highest BCUT2D eigenvalue weighted by atomic mass is 35.5. The van der Waals surface area contributed by atoms with Crippen molar-refractivity contribution in [3.05, 3.63) is 28.8 Å². The summed E-state index contributed by atoms with van der Waals surface area (Å²) in [5.74, 6) is -0.442. The summed E-state index contributed by atoms with van der Waals surface area (Å²) in [7, 11) is 2.10. The average Bonchev–Trinajstić information content (AvgIpc) is 2.29. The van der Waals surface area contributed by atoms with E-state index < -0.39 is 5.91 Å². The van der Waals surface area contributed by atoms with Crippen molar-refractivity contribution in [3.8, 4) is 0 Å². The molecule has 0 radical (unpaired) electrons. The van der Waals surface area contributed by atoms with Gasteiger partial charge in [0, 0.05) is 42.5 Å². The Kier molecular flexibility index (Phi) is 3.54. The highest BCUT2D eigenvalue weighted by molar-refractivity contribution is 6.31. The van der Waals surface area contributed by atoms with Gasteiger partial charge in [-0.3, -0.25) is 4.79 Å². The Bertz CT molecular complexity index is 428. The summed E-state index contributed by atoms with van der Waals surface area (Å²) in [6, 6.07) is 5.28. The maximum Gasteiger partial charge on any atom is 0.248 e. The van der Waals surface area contributed by atoms with Crippen LogP contribution in [0.4, 0.5) is 5.69 Å². The predicted octanol–water partition coefficient (Wildman–Crippen LogP) is 1.19. The summed E-state index contributed by atoms with van der Waals surface area (Å²) < 4.78 is 0. The molecule has 17 heavy (non-hydrogen) atoms. The van der Waals surface area contributed by atoms with E-state index in [0.717, 1.165) is 31.9 Å². The maximum absolute atomic E-state index is 11.2. The van der Waals surface area contributed by atoms with E-state index in [-0.39, 0.29) is 0 Å². The summed E-state index contributed by atoms with van der Waals surface area (Å²) in [6.07, 6.45) is 0. The first-order chi connectivity index (χ1) is 8.06. The zero-order chi connectivity index (χ0) is 12.4. The maximum atomic E-state index is 11.2. The Hall–Kier alpha value is -1.26. The normalized spacial score (nSPS) is 17.2. The molecule has 4 nitrogen and oxygen atoms in total. The van der Waals surface area contributed by atoms with Crippen molar-refractivity contribution in [1.82, 2.24) is 4.90 Å². The quantitative estimate of drug-likeness (QED) is 0.862. The van der Waals surface area contributed by atoms with Gasteiger partial charge in [0.25, 0.3) is 0 Å². The van der Waals surface area contributed by atoms with Crippen LogP contribution in [0.25, 0.3) is 0 Å². The van der Waals surface area contributed by atoms with Crippen LogP contribution in [-0.2, 0) is 0 Å². The Morgan fingerprint density at radius 3 is 2.47 bits per heavy atom. The molecule has 92 valence electrons. The Balaban J connectivity index is 2.23. The van der Waals surface area contributed by atoms with Crippen LogP contribution in [0.3, 0.4) is 0 Å². The summed E-state index contributed by atoms with van der Waals surface area (Å²) in [5, 5.41) is 0.551. The minimum absolute atomic E-state index is 0.442. The molecule has 1 heterocycles. The zero-order valence-electron chi connectivity index (χ0n) is 9.82. The molecular formula is C12H16ClN3O. The fourth-order valence-electron chi connectivity index (χ4n) is 1.96. The van der Waals surface area contributed by atoms with E-state index in [9.17, 15) is 4.79 Å². The lowest BCUT2D eigenvalue weighted by Gasteiger charge is -2.34. The molecule has 2 N–H and O–H groups in total. The molecule has 0 unspecified atom stereocenters. The zero-order valence-corrected chi connectivity index (χ0v) is 10.6. The molecule has 0 spiro atoms. The van der Waals surface area contributed by atoms with Gasteiger partial charge in [0.15, 0.2) is 0 Å². The van der Waals surface area contributed by atoms with E-state index in [1.807, 2.05) is 6.07 Å². The summed E-state index contributed by atoms with van der Waals surface area (Å²) in [6.45, 7) is 3.90. The highest BCUT2D eigenvalue weighted by Gasteiger charge is 2.15. The number of anilines is 1. The minimum Gasteiger partial charge on any atom is -0.369 e. The first-order valence-corrected chi connectivity index (χ1v) is 5.98. The van der Waals surface area contributed by atoms with Gasteiger partial charge in [0.1, 0.15) is 0 Å². The molecule has 1 saturated heterocycles. The van der Waals surface area contributed by atoms with Crippen LogP contribution in [0.2, 0.25) is 5.02 Å². The molecule has 1 aliphatic heterocycles. The van der Waals surface area contributed by atoms with Crippen molar-refractivity contribution in [3.63, 3.8) is 0 Å². The van der Waals surface area contributed by atoms with Gasteiger partial charge in [-0.05, 0) is 25.2 Å². The van der Waals surface area contributed by atoms with E-state index in [1.165, 1.54) is 0 Å². The van der Waals surface area contributed by atoms with Crippen molar-refractivity contribution < 1.29 is 4.79 Å². The van der Waals surface area contributed by atoms with E-state index in [2.05, 4.69) is 16.8 Å². The molecule has 1 aromatic rings. The molecule has 0 atom stereocenters. The van der Waals surface area contributed by atoms with Crippen LogP contribution < -0.4 is 10.6 Å². The molecule has 2 rings (SSSR count). The number of nitrogens with zero attached hydrogens (tertiary/aromatic N) is 2. The van der Waals surface area contributed by atoms with Gasteiger partial charge >= 0.3 is 0 Å². The predicted molar refractivity (Wildman–Crippen MR) is 69.7 cm³/mol. The van der Waals surface area contributed by atoms with Gasteiger partial charge in [-0.2, -0.15) is 0 Å². The second kappa shape index (κ2) is 4.94. The first kappa shape index (κ1) is 12.2. The van der Waals surface area contributed by atoms with Crippen LogP contribution in [0.15, 0.2) is 18.2 Å². The van der Waals surface area contributed by atoms with Crippen molar-refractivity contribution in [2.24, 2.45) is 5.73 Å². The van der Waals surface area contributed by atoms with Crippen molar-refractivity contribution in [2.45, 2.75) is 0 Å². The minimum atomic E-state index is -0.442. The van der Waals surface area contributed by atoms with E-state index in [1.54, 1.807) is 12.1 Å².